The van der Waals surface area contributed by atoms with Crippen LogP contribution in [0.15, 0.2) is 134 Å². The average Bonchev–Trinajstić information content (AvgIpc) is 3.04. The predicted molar refractivity (Wildman–Crippen MR) is 192 cm³/mol. The summed E-state index contributed by atoms with van der Waals surface area (Å²) in [5.74, 6) is 0. The highest BCUT2D eigenvalue weighted by Crippen LogP contribution is 2.37. The average molecular weight is 755 g/mol. The summed E-state index contributed by atoms with van der Waals surface area (Å²) in [4.78, 5) is 3.84. The predicted octanol–water partition coefficient (Wildman–Crippen LogP) is 6.96. The van der Waals surface area contributed by atoms with Crippen molar-refractivity contribution in [3.63, 3.8) is 0 Å². The van der Waals surface area contributed by atoms with Gasteiger partial charge in [0.05, 0.1) is 26.9 Å². The lowest BCUT2D eigenvalue weighted by Gasteiger charge is -2.19. The molecule has 0 saturated heterocycles. The van der Waals surface area contributed by atoms with Gasteiger partial charge in [0.25, 0.3) is 30.4 Å². The van der Waals surface area contributed by atoms with E-state index < -0.39 is 30.4 Å². The third-order valence-electron chi connectivity index (χ3n) is 7.82. The molecule has 11 nitrogen and oxygen atoms in total. The summed E-state index contributed by atoms with van der Waals surface area (Å²) < 4.78 is 98.2. The maximum absolute atomic E-state index is 11.8. The second-order valence-corrected chi connectivity index (χ2v) is 16.1. The Morgan fingerprint density at radius 1 is 0.720 bits per heavy atom. The van der Waals surface area contributed by atoms with Crippen LogP contribution in [0.5, 0.6) is 0 Å². The summed E-state index contributed by atoms with van der Waals surface area (Å²) in [5, 5.41) is 3.36. The summed E-state index contributed by atoms with van der Waals surface area (Å²) in [5.41, 5.74) is 6.80. The number of nitrogens with one attached hydrogen (secondary N) is 1. The number of hydrogen-bond donors (Lipinski definition) is 4. The Morgan fingerprint density at radius 3 is 1.90 bits per heavy atom. The van der Waals surface area contributed by atoms with Crippen molar-refractivity contribution in [3.8, 4) is 0 Å². The molecule has 0 atom stereocenters. The fraction of sp³-hybridized carbons (Fsp3) is 0.114. The van der Waals surface area contributed by atoms with Gasteiger partial charge < -0.3 is 5.32 Å². The topological polar surface area (TPSA) is 187 Å². The quantitative estimate of drug-likeness (QED) is 0.123. The van der Waals surface area contributed by atoms with Gasteiger partial charge in [0.1, 0.15) is 0 Å². The van der Waals surface area contributed by atoms with Crippen LogP contribution in [0.25, 0.3) is 5.57 Å². The van der Waals surface area contributed by atoms with E-state index in [1.165, 1.54) is 54.6 Å². The Hall–Kier alpha value is -4.41. The van der Waals surface area contributed by atoms with Crippen molar-refractivity contribution >= 4 is 58.9 Å². The number of aliphatic imine (C=N–C) groups is 1. The van der Waals surface area contributed by atoms with Crippen molar-refractivity contribution in [2.24, 2.45) is 4.99 Å². The summed E-state index contributed by atoms with van der Waals surface area (Å²) in [7, 11) is -13.2. The highest BCUT2D eigenvalue weighted by Gasteiger charge is 2.20. The molecule has 50 heavy (non-hydrogen) atoms. The number of anilines is 1. The maximum Gasteiger partial charge on any atom is 0.294 e. The molecule has 0 fully saturated rings. The van der Waals surface area contributed by atoms with Gasteiger partial charge in [-0.25, -0.2) is 0 Å². The van der Waals surface area contributed by atoms with Gasteiger partial charge in [-0.05, 0) is 114 Å². The molecule has 5 rings (SSSR count). The van der Waals surface area contributed by atoms with E-state index >= 15 is 0 Å². The van der Waals surface area contributed by atoms with Gasteiger partial charge in [-0.15, -0.1) is 0 Å². The number of nitrogens with zero attached hydrogens (tertiary/aromatic N) is 1. The van der Waals surface area contributed by atoms with E-state index in [1.807, 2.05) is 44.2 Å². The van der Waals surface area contributed by atoms with Crippen molar-refractivity contribution in [2.45, 2.75) is 41.6 Å². The first kappa shape index (κ1) is 36.9. The van der Waals surface area contributed by atoms with Crippen molar-refractivity contribution in [1.29, 1.82) is 0 Å². The molecule has 0 saturated carbocycles. The minimum atomic E-state index is -4.51. The second-order valence-electron chi connectivity index (χ2n) is 11.4. The molecule has 0 aliphatic heterocycles. The third-order valence-corrected chi connectivity index (χ3v) is 10.7. The molecule has 0 unspecified atom stereocenters. The van der Waals surface area contributed by atoms with Gasteiger partial charge in [-0.1, -0.05) is 54.1 Å². The molecule has 0 bridgehead atoms. The fourth-order valence-electron chi connectivity index (χ4n) is 5.34. The third kappa shape index (κ3) is 8.84. The van der Waals surface area contributed by atoms with E-state index in [0.29, 0.717) is 28.0 Å². The van der Waals surface area contributed by atoms with E-state index in [0.717, 1.165) is 28.0 Å². The summed E-state index contributed by atoms with van der Waals surface area (Å²) in [6.45, 7) is 4.16. The minimum absolute atomic E-state index is 0.0823. The standard InChI is InChI=1S/C35H31ClN2O9S3/c1-22-15-26(9-13-33(22)37-20-24-5-3-7-28(17-24)48(39,40)41)35(31-12-11-30(19-32(31)36)50(45,46)47)27-10-14-34(23(2)16-27)38-21-25-6-4-8-29(18-25)49(42,43)44/h3-19,37H,20-21H2,1-2H3,(H,39,40,41)(H,42,43,44)(H,45,46,47)/b35-27+,38-34?. The van der Waals surface area contributed by atoms with Crippen molar-refractivity contribution in [1.82, 2.24) is 0 Å². The highest BCUT2D eigenvalue weighted by atomic mass is 35.5. The van der Waals surface area contributed by atoms with Crippen molar-refractivity contribution < 1.29 is 38.9 Å². The van der Waals surface area contributed by atoms with Gasteiger partial charge >= 0.3 is 0 Å². The van der Waals surface area contributed by atoms with Gasteiger partial charge in [0, 0.05) is 22.8 Å². The number of hydrogen-bond acceptors (Lipinski definition) is 8. The van der Waals surface area contributed by atoms with E-state index in [4.69, 9.17) is 11.6 Å². The van der Waals surface area contributed by atoms with Crippen LogP contribution in [-0.2, 0) is 43.4 Å². The normalized spacial score (nSPS) is 15.6. The molecule has 4 aromatic rings. The van der Waals surface area contributed by atoms with Crippen LogP contribution in [0.2, 0.25) is 5.02 Å². The van der Waals surface area contributed by atoms with Crippen LogP contribution in [0.3, 0.4) is 0 Å². The first-order chi connectivity index (χ1) is 23.4. The van der Waals surface area contributed by atoms with Crippen LogP contribution in [0.1, 0.15) is 34.7 Å². The first-order valence-electron chi connectivity index (χ1n) is 14.8. The Morgan fingerprint density at radius 2 is 1.32 bits per heavy atom. The number of allylic oxidation sites excluding steroid dienone is 5. The zero-order chi connectivity index (χ0) is 36.4. The number of halogens is 1. The molecule has 15 heteroatoms. The summed E-state index contributed by atoms with van der Waals surface area (Å²) in [6.07, 6.45) is 5.51. The van der Waals surface area contributed by atoms with E-state index in [2.05, 4.69) is 10.3 Å². The molecule has 0 heterocycles. The minimum Gasteiger partial charge on any atom is -0.381 e. The summed E-state index contributed by atoms with van der Waals surface area (Å²) in [6, 6.07) is 21.4. The SMILES string of the molecule is CC1=C/C(=C(\c2ccc(NCc3cccc(S(=O)(=O)O)c3)c(C)c2)c2ccc(S(=O)(=O)O)cc2Cl)C=CC1=NCc1cccc(S(=O)(=O)O)c1. The van der Waals surface area contributed by atoms with Crippen LogP contribution >= 0.6 is 11.6 Å². The Labute approximate surface area is 295 Å². The molecule has 0 aromatic heterocycles. The molecule has 0 spiro atoms. The molecular formula is C35H31ClN2O9S3. The molecular weight excluding hydrogens is 724 g/mol. The molecule has 1 aliphatic rings. The van der Waals surface area contributed by atoms with E-state index in [1.54, 1.807) is 18.2 Å². The van der Waals surface area contributed by atoms with Crippen molar-refractivity contribution in [3.05, 3.63) is 147 Å². The second kappa shape index (κ2) is 14.4. The highest BCUT2D eigenvalue weighted by molar-refractivity contribution is 7.86. The van der Waals surface area contributed by atoms with Crippen LogP contribution in [0, 0.1) is 6.92 Å². The van der Waals surface area contributed by atoms with E-state index in [-0.39, 0.29) is 32.8 Å². The lowest BCUT2D eigenvalue weighted by atomic mass is 9.88. The molecule has 260 valence electrons. The Balaban J connectivity index is 1.51. The van der Waals surface area contributed by atoms with Crippen LogP contribution in [0.4, 0.5) is 5.69 Å². The zero-order valence-electron chi connectivity index (χ0n) is 26.6. The smallest absolute Gasteiger partial charge is 0.294 e. The Bertz CT molecular complexity index is 2470. The first-order valence-corrected chi connectivity index (χ1v) is 19.5. The van der Waals surface area contributed by atoms with Crippen molar-refractivity contribution in [2.75, 3.05) is 5.32 Å². The molecule has 0 amide bonds. The molecule has 4 N–H and O–H groups in total. The molecule has 4 aromatic carbocycles. The van der Waals surface area contributed by atoms with Gasteiger partial charge in [0.15, 0.2) is 0 Å². The van der Waals surface area contributed by atoms with Crippen LogP contribution < -0.4 is 5.32 Å². The number of aryl methyl sites for hydroxylation is 1. The molecule has 0 radical (unpaired) electrons. The zero-order valence-corrected chi connectivity index (χ0v) is 29.8. The monoisotopic (exact) mass is 754 g/mol. The number of rotatable bonds is 10. The number of benzene rings is 4. The van der Waals surface area contributed by atoms with E-state index in [9.17, 15) is 38.9 Å². The molecule has 1 aliphatic carbocycles. The summed E-state index contributed by atoms with van der Waals surface area (Å²) >= 11 is 6.65. The fourth-order valence-corrected chi connectivity index (χ4v) is 7.28. The van der Waals surface area contributed by atoms with Gasteiger partial charge in [-0.2, -0.15) is 25.3 Å². The Kier molecular flexibility index (Phi) is 10.6. The van der Waals surface area contributed by atoms with Gasteiger partial charge in [-0.3, -0.25) is 18.7 Å². The lowest BCUT2D eigenvalue weighted by Crippen LogP contribution is -2.06. The lowest BCUT2D eigenvalue weighted by molar-refractivity contribution is 0.481. The van der Waals surface area contributed by atoms with Gasteiger partial charge in [0.2, 0.25) is 0 Å². The largest absolute Gasteiger partial charge is 0.381 e. The van der Waals surface area contributed by atoms with Crippen LogP contribution in [-0.4, -0.2) is 44.6 Å². The maximum atomic E-state index is 11.8.